The van der Waals surface area contributed by atoms with Crippen LogP contribution in [0.25, 0.3) is 0 Å². The van der Waals surface area contributed by atoms with Gasteiger partial charge in [0.2, 0.25) is 0 Å². The quantitative estimate of drug-likeness (QED) is 0.679. The Bertz CT molecular complexity index is 193. The molecule has 0 spiro atoms. The van der Waals surface area contributed by atoms with Crippen molar-refractivity contribution in [3.8, 4) is 0 Å². The largest absolute Gasteiger partial charge is 0.396 e. The fraction of sp³-hybridized carbons (Fsp3) is 1.00. The number of hydrogen-bond acceptors (Lipinski definition) is 1. The summed E-state index contributed by atoms with van der Waals surface area (Å²) < 4.78 is 0. The van der Waals surface area contributed by atoms with Crippen molar-refractivity contribution in [3.63, 3.8) is 0 Å². The molecule has 0 aromatic carbocycles. The van der Waals surface area contributed by atoms with Gasteiger partial charge in [0.15, 0.2) is 0 Å². The Morgan fingerprint density at radius 1 is 1.31 bits per heavy atom. The van der Waals surface area contributed by atoms with Gasteiger partial charge in [0.25, 0.3) is 0 Å². The first-order valence-electron chi connectivity index (χ1n) is 5.36. The topological polar surface area (TPSA) is 20.2 Å². The number of hydrogen-bond donors (Lipinski definition) is 1. The highest BCUT2D eigenvalue weighted by molar-refractivity contribution is 6.81. The third-order valence-electron chi connectivity index (χ3n) is 4.25. The molecule has 1 N–H and O–H groups in total. The highest BCUT2D eigenvalue weighted by atomic mass is 28.3. The minimum atomic E-state index is -1.50. The van der Waals surface area contributed by atoms with Gasteiger partial charge in [0.1, 0.15) is 0 Å². The summed E-state index contributed by atoms with van der Waals surface area (Å²) in [5.74, 6) is 1.38. The molecule has 0 aromatic heterocycles. The standard InChI is InChI=1S/C11H24OSi/c1-8-7-9(8)10(12)13(5,6)11(2,3)4/h8-10,12H,7H2,1-6H3/t8-,9+,10-/m0/s1. The summed E-state index contributed by atoms with van der Waals surface area (Å²) in [6, 6.07) is 0. The van der Waals surface area contributed by atoms with Gasteiger partial charge >= 0.3 is 0 Å². The van der Waals surface area contributed by atoms with Crippen molar-refractivity contribution in [3.05, 3.63) is 0 Å². The molecule has 1 aliphatic rings. The van der Waals surface area contributed by atoms with Crippen LogP contribution in [0.1, 0.15) is 34.1 Å². The van der Waals surface area contributed by atoms with E-state index in [0.717, 1.165) is 5.92 Å². The van der Waals surface area contributed by atoms with Crippen LogP contribution in [0.3, 0.4) is 0 Å². The van der Waals surface area contributed by atoms with Gasteiger partial charge < -0.3 is 5.11 Å². The maximum atomic E-state index is 10.3. The molecule has 13 heavy (non-hydrogen) atoms. The highest BCUT2D eigenvalue weighted by Gasteiger charge is 2.50. The lowest BCUT2D eigenvalue weighted by molar-refractivity contribution is 0.208. The van der Waals surface area contributed by atoms with Gasteiger partial charge in [-0.25, -0.2) is 0 Å². The molecule has 0 heterocycles. The predicted octanol–water partition coefficient (Wildman–Crippen LogP) is 3.05. The van der Waals surface area contributed by atoms with Gasteiger partial charge in [-0.05, 0) is 23.3 Å². The molecule has 0 bridgehead atoms. The van der Waals surface area contributed by atoms with Crippen molar-refractivity contribution in [2.24, 2.45) is 11.8 Å². The molecule has 1 nitrogen and oxygen atoms in total. The first-order valence-corrected chi connectivity index (χ1v) is 8.43. The zero-order valence-electron chi connectivity index (χ0n) is 9.89. The molecule has 3 atom stereocenters. The van der Waals surface area contributed by atoms with E-state index in [1.807, 2.05) is 0 Å². The van der Waals surface area contributed by atoms with E-state index in [-0.39, 0.29) is 5.73 Å². The fourth-order valence-electron chi connectivity index (χ4n) is 1.77. The van der Waals surface area contributed by atoms with Crippen molar-refractivity contribution < 1.29 is 5.11 Å². The van der Waals surface area contributed by atoms with Gasteiger partial charge in [0, 0.05) is 5.73 Å². The Labute approximate surface area is 83.6 Å². The average molecular weight is 200 g/mol. The molecule has 0 aliphatic heterocycles. The second-order valence-corrected chi connectivity index (χ2v) is 11.8. The zero-order chi connectivity index (χ0) is 10.4. The minimum absolute atomic E-state index is 0.00231. The Hall–Kier alpha value is 0.177. The van der Waals surface area contributed by atoms with Crippen LogP contribution in [-0.4, -0.2) is 18.9 Å². The molecular weight excluding hydrogens is 176 g/mol. The van der Waals surface area contributed by atoms with Crippen molar-refractivity contribution in [1.29, 1.82) is 0 Å². The molecule has 0 unspecified atom stereocenters. The van der Waals surface area contributed by atoms with Gasteiger partial charge in [-0.15, -0.1) is 0 Å². The van der Waals surface area contributed by atoms with Crippen LogP contribution in [0.5, 0.6) is 0 Å². The molecule has 0 saturated heterocycles. The van der Waals surface area contributed by atoms with Gasteiger partial charge in [-0.2, -0.15) is 0 Å². The SMILES string of the molecule is C[C@H]1C[C@H]1[C@@H](O)[Si](C)(C)C(C)(C)C. The van der Waals surface area contributed by atoms with Crippen LogP contribution in [0.15, 0.2) is 0 Å². The molecule has 1 saturated carbocycles. The lowest BCUT2D eigenvalue weighted by atomic mass is 10.2. The number of rotatable bonds is 2. The lowest BCUT2D eigenvalue weighted by Crippen LogP contribution is -2.50. The zero-order valence-corrected chi connectivity index (χ0v) is 10.9. The van der Waals surface area contributed by atoms with E-state index >= 15 is 0 Å². The molecule has 1 aliphatic carbocycles. The van der Waals surface area contributed by atoms with E-state index in [0.29, 0.717) is 11.0 Å². The Morgan fingerprint density at radius 2 is 1.69 bits per heavy atom. The fourth-order valence-corrected chi connectivity index (χ4v) is 4.19. The van der Waals surface area contributed by atoms with Crippen LogP contribution in [0, 0.1) is 11.8 Å². The lowest BCUT2D eigenvalue weighted by Gasteiger charge is -2.41. The van der Waals surface area contributed by atoms with E-state index in [2.05, 4.69) is 40.8 Å². The predicted molar refractivity (Wildman–Crippen MR) is 60.5 cm³/mol. The molecule has 1 rings (SSSR count). The Balaban J connectivity index is 2.69. The Morgan fingerprint density at radius 3 is 1.92 bits per heavy atom. The third-order valence-corrected chi connectivity index (χ3v) is 10.0. The summed E-state index contributed by atoms with van der Waals surface area (Å²) in [7, 11) is -1.50. The first kappa shape index (κ1) is 11.3. The second-order valence-electron chi connectivity index (χ2n) is 6.29. The van der Waals surface area contributed by atoms with E-state index in [1.54, 1.807) is 0 Å². The van der Waals surface area contributed by atoms with E-state index in [4.69, 9.17) is 0 Å². The summed E-state index contributed by atoms with van der Waals surface area (Å²) in [5, 5.41) is 10.6. The van der Waals surface area contributed by atoms with Crippen molar-refractivity contribution >= 4 is 8.07 Å². The van der Waals surface area contributed by atoms with Crippen LogP contribution in [-0.2, 0) is 0 Å². The normalized spacial score (nSPS) is 31.6. The average Bonchev–Trinajstić information content (AvgIpc) is 2.62. The summed E-state index contributed by atoms with van der Waals surface area (Å²) in [6.07, 6.45) is 1.24. The third kappa shape index (κ3) is 1.99. The van der Waals surface area contributed by atoms with Crippen molar-refractivity contribution in [2.75, 3.05) is 0 Å². The van der Waals surface area contributed by atoms with E-state index in [9.17, 15) is 5.11 Å². The van der Waals surface area contributed by atoms with Crippen LogP contribution in [0.4, 0.5) is 0 Å². The van der Waals surface area contributed by atoms with Gasteiger partial charge in [-0.3, -0.25) is 0 Å². The molecule has 78 valence electrons. The van der Waals surface area contributed by atoms with Crippen LogP contribution in [0.2, 0.25) is 18.1 Å². The summed E-state index contributed by atoms with van der Waals surface area (Å²) in [5.41, 5.74) is 0.00231. The highest BCUT2D eigenvalue weighted by Crippen LogP contribution is 2.48. The summed E-state index contributed by atoms with van der Waals surface area (Å²) in [6.45, 7) is 13.7. The van der Waals surface area contributed by atoms with Crippen molar-refractivity contribution in [2.45, 2.75) is 58.0 Å². The monoisotopic (exact) mass is 200 g/mol. The molecule has 0 radical (unpaired) electrons. The van der Waals surface area contributed by atoms with Crippen molar-refractivity contribution in [1.82, 2.24) is 0 Å². The molecule has 2 heteroatoms. The van der Waals surface area contributed by atoms with Gasteiger partial charge in [0.05, 0.1) is 8.07 Å². The van der Waals surface area contributed by atoms with E-state index in [1.165, 1.54) is 6.42 Å². The maximum absolute atomic E-state index is 10.3. The van der Waals surface area contributed by atoms with Crippen LogP contribution < -0.4 is 0 Å². The molecular formula is C11H24OSi. The molecule has 1 fully saturated rings. The Kier molecular flexibility index (Phi) is 2.68. The number of aliphatic hydroxyl groups excluding tert-OH is 1. The minimum Gasteiger partial charge on any atom is -0.396 e. The van der Waals surface area contributed by atoms with Crippen LogP contribution >= 0.6 is 0 Å². The summed E-state index contributed by atoms with van der Waals surface area (Å²) >= 11 is 0. The number of aliphatic hydroxyl groups is 1. The molecule has 0 aromatic rings. The second kappa shape index (κ2) is 3.09. The van der Waals surface area contributed by atoms with E-state index < -0.39 is 8.07 Å². The molecule has 0 amide bonds. The first-order chi connectivity index (χ1) is 5.68. The maximum Gasteiger partial charge on any atom is 0.0868 e. The van der Waals surface area contributed by atoms with Gasteiger partial charge in [-0.1, -0.05) is 40.8 Å². The smallest absolute Gasteiger partial charge is 0.0868 e. The summed E-state index contributed by atoms with van der Waals surface area (Å²) in [4.78, 5) is 0.